The van der Waals surface area contributed by atoms with Crippen LogP contribution in [0.1, 0.15) is 16.8 Å². The number of likely N-dealkylation sites (tertiary alicyclic amines) is 1. The van der Waals surface area contributed by atoms with Crippen LogP contribution in [0.5, 0.6) is 0 Å². The number of benzene rings is 1. The van der Waals surface area contributed by atoms with E-state index in [9.17, 15) is 14.9 Å². The normalized spacial score (nSPS) is 17.2. The number of aromatic nitrogens is 2. The van der Waals surface area contributed by atoms with E-state index in [1.54, 1.807) is 35.0 Å². The summed E-state index contributed by atoms with van der Waals surface area (Å²) in [6.45, 7) is 1.92. The van der Waals surface area contributed by atoms with Gasteiger partial charge in [0.2, 0.25) is 0 Å². The summed E-state index contributed by atoms with van der Waals surface area (Å²) in [5.74, 6) is 0.265. The number of carbonyl (C=O) groups is 1. The molecule has 1 atom stereocenters. The minimum atomic E-state index is -0.453. The number of hydrogen-bond donors (Lipinski definition) is 1. The highest BCUT2D eigenvalue weighted by molar-refractivity contribution is 6.00. The molecule has 1 saturated heterocycles. The van der Waals surface area contributed by atoms with E-state index in [0.717, 1.165) is 6.42 Å². The summed E-state index contributed by atoms with van der Waals surface area (Å²) >= 11 is 0. The van der Waals surface area contributed by atoms with Gasteiger partial charge < -0.3 is 10.6 Å². The zero-order valence-corrected chi connectivity index (χ0v) is 13.4. The number of nitro benzene ring substituents is 1. The molecule has 1 aliphatic rings. The number of amides is 1. The van der Waals surface area contributed by atoms with Crippen LogP contribution in [0.2, 0.25) is 0 Å². The zero-order valence-electron chi connectivity index (χ0n) is 13.4. The molecule has 2 aromatic rings. The molecule has 2 N–H and O–H groups in total. The molecular weight excluding hydrogens is 310 g/mol. The molecule has 0 aliphatic carbocycles. The number of nitrogens with zero attached hydrogens (tertiary/aromatic N) is 4. The molecule has 8 nitrogen and oxygen atoms in total. The summed E-state index contributed by atoms with van der Waals surface area (Å²) in [6, 6.07) is 6.06. The Labute approximate surface area is 139 Å². The van der Waals surface area contributed by atoms with Crippen molar-refractivity contribution in [1.82, 2.24) is 14.7 Å². The van der Waals surface area contributed by atoms with Gasteiger partial charge in [-0.1, -0.05) is 0 Å². The van der Waals surface area contributed by atoms with Gasteiger partial charge in [0.15, 0.2) is 0 Å². The molecule has 3 rings (SSSR count). The lowest BCUT2D eigenvalue weighted by atomic mass is 10.1. The molecule has 0 spiro atoms. The van der Waals surface area contributed by atoms with Gasteiger partial charge in [-0.25, -0.2) is 0 Å². The summed E-state index contributed by atoms with van der Waals surface area (Å²) in [7, 11) is 1.75. The van der Waals surface area contributed by atoms with Gasteiger partial charge in [-0.2, -0.15) is 5.10 Å². The van der Waals surface area contributed by atoms with Crippen LogP contribution in [0.4, 0.5) is 5.69 Å². The number of rotatable bonds is 4. The summed E-state index contributed by atoms with van der Waals surface area (Å²) in [4.78, 5) is 24.9. The van der Waals surface area contributed by atoms with Gasteiger partial charge in [-0.05, 0) is 31.0 Å². The van der Waals surface area contributed by atoms with Crippen LogP contribution < -0.4 is 5.73 Å². The lowest BCUT2D eigenvalue weighted by molar-refractivity contribution is -0.384. The maximum Gasteiger partial charge on any atom is 0.269 e. The topological polar surface area (TPSA) is 107 Å². The third-order valence-electron chi connectivity index (χ3n) is 4.32. The fourth-order valence-corrected chi connectivity index (χ4v) is 2.98. The van der Waals surface area contributed by atoms with E-state index in [2.05, 4.69) is 5.10 Å². The van der Waals surface area contributed by atoms with E-state index in [1.165, 1.54) is 12.1 Å². The number of carbonyl (C=O) groups excluding carboxylic acids is 1. The third kappa shape index (κ3) is 3.00. The van der Waals surface area contributed by atoms with Gasteiger partial charge in [-0.3, -0.25) is 19.6 Å². The Bertz CT molecular complexity index is 769. The maximum atomic E-state index is 12.8. The van der Waals surface area contributed by atoms with Crippen molar-refractivity contribution in [2.75, 3.05) is 19.6 Å². The summed E-state index contributed by atoms with van der Waals surface area (Å²) in [5.41, 5.74) is 7.42. The number of nitro groups is 1. The molecule has 1 aromatic heterocycles. The monoisotopic (exact) mass is 329 g/mol. The molecule has 1 aliphatic heterocycles. The Balaban J connectivity index is 1.90. The largest absolute Gasteiger partial charge is 0.338 e. The Morgan fingerprint density at radius 1 is 1.42 bits per heavy atom. The van der Waals surface area contributed by atoms with Crippen molar-refractivity contribution in [2.24, 2.45) is 18.7 Å². The van der Waals surface area contributed by atoms with Crippen LogP contribution in [0.25, 0.3) is 11.3 Å². The smallest absolute Gasteiger partial charge is 0.269 e. The number of aryl methyl sites for hydroxylation is 1. The molecule has 0 bridgehead atoms. The molecule has 1 fully saturated rings. The fraction of sp³-hybridized carbons (Fsp3) is 0.375. The van der Waals surface area contributed by atoms with E-state index in [-0.39, 0.29) is 11.6 Å². The molecule has 8 heteroatoms. The van der Waals surface area contributed by atoms with Crippen molar-refractivity contribution < 1.29 is 9.72 Å². The predicted octanol–water partition coefficient (Wildman–Crippen LogP) is 1.42. The van der Waals surface area contributed by atoms with Gasteiger partial charge in [0, 0.05) is 44.0 Å². The average molecular weight is 329 g/mol. The molecule has 2 heterocycles. The van der Waals surface area contributed by atoms with Crippen LogP contribution >= 0.6 is 0 Å². The molecular formula is C16H19N5O3. The fourth-order valence-electron chi connectivity index (χ4n) is 2.98. The van der Waals surface area contributed by atoms with E-state index in [4.69, 9.17) is 5.73 Å². The minimum absolute atomic E-state index is 0.00730. The number of nitrogens with two attached hydrogens (primary N) is 1. The lowest BCUT2D eigenvalue weighted by Gasteiger charge is -2.16. The van der Waals surface area contributed by atoms with Crippen molar-refractivity contribution in [3.8, 4) is 11.3 Å². The number of non-ortho nitro benzene ring substituents is 1. The van der Waals surface area contributed by atoms with Crippen molar-refractivity contribution in [1.29, 1.82) is 0 Å². The maximum absolute atomic E-state index is 12.8. The van der Waals surface area contributed by atoms with Gasteiger partial charge in [-0.15, -0.1) is 0 Å². The first-order valence-corrected chi connectivity index (χ1v) is 7.77. The van der Waals surface area contributed by atoms with Crippen molar-refractivity contribution in [3.05, 3.63) is 46.1 Å². The second-order valence-corrected chi connectivity index (χ2v) is 6.01. The zero-order chi connectivity index (χ0) is 17.3. The van der Waals surface area contributed by atoms with Crippen LogP contribution in [0.3, 0.4) is 0 Å². The summed E-state index contributed by atoms with van der Waals surface area (Å²) in [6.07, 6.45) is 2.60. The highest BCUT2D eigenvalue weighted by atomic mass is 16.6. The lowest BCUT2D eigenvalue weighted by Crippen LogP contribution is -2.30. The highest BCUT2D eigenvalue weighted by Crippen LogP contribution is 2.27. The van der Waals surface area contributed by atoms with E-state index in [0.29, 0.717) is 42.4 Å². The molecule has 1 amide bonds. The Kier molecular flexibility index (Phi) is 4.30. The first kappa shape index (κ1) is 16.1. The van der Waals surface area contributed by atoms with Gasteiger partial charge in [0.05, 0.1) is 10.5 Å². The van der Waals surface area contributed by atoms with Crippen LogP contribution in [0.15, 0.2) is 30.5 Å². The Hall–Kier alpha value is -2.74. The first-order valence-electron chi connectivity index (χ1n) is 7.77. The minimum Gasteiger partial charge on any atom is -0.338 e. The Morgan fingerprint density at radius 3 is 2.71 bits per heavy atom. The van der Waals surface area contributed by atoms with Crippen molar-refractivity contribution in [3.63, 3.8) is 0 Å². The molecule has 0 saturated carbocycles. The SMILES string of the molecule is Cn1cc(C(=O)N2CCC(CN)C2)c(-c2ccc([N+](=O)[O-])cc2)n1. The summed E-state index contributed by atoms with van der Waals surface area (Å²) in [5, 5.41) is 15.1. The van der Waals surface area contributed by atoms with E-state index < -0.39 is 4.92 Å². The predicted molar refractivity (Wildman–Crippen MR) is 88.4 cm³/mol. The van der Waals surface area contributed by atoms with Crippen LogP contribution in [-0.2, 0) is 7.05 Å². The molecule has 24 heavy (non-hydrogen) atoms. The van der Waals surface area contributed by atoms with Crippen molar-refractivity contribution >= 4 is 11.6 Å². The second kappa shape index (κ2) is 6.40. The van der Waals surface area contributed by atoms with Crippen LogP contribution in [-0.4, -0.2) is 45.1 Å². The first-order chi connectivity index (χ1) is 11.5. The molecule has 1 aromatic carbocycles. The standard InChI is InChI=1S/C16H19N5O3/c1-19-10-14(16(22)20-7-6-11(8-17)9-20)15(18-19)12-2-4-13(5-3-12)21(23)24/h2-5,10-11H,6-9,17H2,1H3. The second-order valence-electron chi connectivity index (χ2n) is 6.01. The van der Waals surface area contributed by atoms with Crippen LogP contribution in [0, 0.1) is 16.0 Å². The summed E-state index contributed by atoms with van der Waals surface area (Å²) < 4.78 is 1.58. The van der Waals surface area contributed by atoms with Gasteiger partial charge >= 0.3 is 0 Å². The third-order valence-corrected chi connectivity index (χ3v) is 4.32. The Morgan fingerprint density at radius 2 is 2.12 bits per heavy atom. The average Bonchev–Trinajstić information content (AvgIpc) is 3.20. The van der Waals surface area contributed by atoms with Gasteiger partial charge in [0.1, 0.15) is 5.69 Å². The quantitative estimate of drug-likeness (QED) is 0.674. The molecule has 1 unspecified atom stereocenters. The highest BCUT2D eigenvalue weighted by Gasteiger charge is 2.29. The molecule has 126 valence electrons. The van der Waals surface area contributed by atoms with E-state index in [1.807, 2.05) is 0 Å². The molecule has 0 radical (unpaired) electrons. The number of hydrogen-bond acceptors (Lipinski definition) is 5. The van der Waals surface area contributed by atoms with E-state index >= 15 is 0 Å². The van der Waals surface area contributed by atoms with Crippen molar-refractivity contribution in [2.45, 2.75) is 6.42 Å². The van der Waals surface area contributed by atoms with Gasteiger partial charge in [0.25, 0.3) is 11.6 Å².